The summed E-state index contributed by atoms with van der Waals surface area (Å²) in [5, 5.41) is 0. The van der Waals surface area contributed by atoms with Crippen molar-refractivity contribution < 1.29 is 0 Å². The summed E-state index contributed by atoms with van der Waals surface area (Å²) < 4.78 is 0. The van der Waals surface area contributed by atoms with E-state index in [9.17, 15) is 0 Å². The summed E-state index contributed by atoms with van der Waals surface area (Å²) in [5.74, 6) is 0.521. The standard InChI is InChI=1S/C19H22N2/c1-15(2)18-11-7-8-12-19(18)21-14-13-20(16(21)3)17-9-5-4-6-10-17/h4-16H,1-3H3. The summed E-state index contributed by atoms with van der Waals surface area (Å²) in [7, 11) is 0. The lowest BCUT2D eigenvalue weighted by atomic mass is 10.0. The molecule has 2 aromatic rings. The van der Waals surface area contributed by atoms with E-state index in [2.05, 4.69) is 97.6 Å². The number of anilines is 2. The molecule has 0 aliphatic carbocycles. The van der Waals surface area contributed by atoms with Crippen molar-refractivity contribution in [1.82, 2.24) is 0 Å². The van der Waals surface area contributed by atoms with E-state index in [0.29, 0.717) is 5.92 Å². The first-order valence-corrected chi connectivity index (χ1v) is 7.57. The highest BCUT2D eigenvalue weighted by molar-refractivity contribution is 5.64. The first kappa shape index (κ1) is 13.7. The SMILES string of the molecule is CC(C)c1ccccc1N1C=CN(c2ccccc2)C1C. The van der Waals surface area contributed by atoms with Gasteiger partial charge in [0.05, 0.1) is 0 Å². The Morgan fingerprint density at radius 1 is 0.810 bits per heavy atom. The van der Waals surface area contributed by atoms with Gasteiger partial charge in [0.2, 0.25) is 0 Å². The summed E-state index contributed by atoms with van der Waals surface area (Å²) in [5.41, 5.74) is 3.92. The van der Waals surface area contributed by atoms with E-state index >= 15 is 0 Å². The van der Waals surface area contributed by atoms with Crippen molar-refractivity contribution in [2.24, 2.45) is 0 Å². The maximum atomic E-state index is 2.35. The van der Waals surface area contributed by atoms with Gasteiger partial charge in [-0.2, -0.15) is 0 Å². The number of hydrogen-bond donors (Lipinski definition) is 0. The molecular formula is C19H22N2. The van der Waals surface area contributed by atoms with Crippen molar-refractivity contribution in [2.75, 3.05) is 9.80 Å². The molecule has 1 atom stereocenters. The van der Waals surface area contributed by atoms with Crippen LogP contribution in [0.3, 0.4) is 0 Å². The third-order valence-electron chi connectivity index (χ3n) is 4.08. The van der Waals surface area contributed by atoms with Crippen molar-refractivity contribution in [3.8, 4) is 0 Å². The Kier molecular flexibility index (Phi) is 3.70. The summed E-state index contributed by atoms with van der Waals surface area (Å²) in [4.78, 5) is 4.65. The fraction of sp³-hybridized carbons (Fsp3) is 0.263. The van der Waals surface area contributed by atoms with Gasteiger partial charge in [0.25, 0.3) is 0 Å². The molecule has 0 amide bonds. The lowest BCUT2D eigenvalue weighted by Gasteiger charge is -2.31. The van der Waals surface area contributed by atoms with Gasteiger partial charge in [0.15, 0.2) is 0 Å². The maximum absolute atomic E-state index is 2.35. The average molecular weight is 278 g/mol. The zero-order chi connectivity index (χ0) is 14.8. The normalized spacial score (nSPS) is 17.8. The molecule has 0 saturated carbocycles. The molecule has 1 aliphatic rings. The van der Waals surface area contributed by atoms with Crippen LogP contribution in [0, 0.1) is 0 Å². The van der Waals surface area contributed by atoms with Crippen molar-refractivity contribution in [3.63, 3.8) is 0 Å². The minimum absolute atomic E-state index is 0.285. The van der Waals surface area contributed by atoms with E-state index in [1.807, 2.05) is 0 Å². The molecule has 0 fully saturated rings. The van der Waals surface area contributed by atoms with Crippen LogP contribution < -0.4 is 9.80 Å². The van der Waals surface area contributed by atoms with Crippen molar-refractivity contribution in [3.05, 3.63) is 72.6 Å². The molecule has 2 nitrogen and oxygen atoms in total. The number of benzene rings is 2. The summed E-state index contributed by atoms with van der Waals surface area (Å²) in [6.45, 7) is 6.74. The highest BCUT2D eigenvalue weighted by Gasteiger charge is 2.25. The van der Waals surface area contributed by atoms with E-state index in [-0.39, 0.29) is 6.17 Å². The van der Waals surface area contributed by atoms with Gasteiger partial charge < -0.3 is 9.80 Å². The van der Waals surface area contributed by atoms with Gasteiger partial charge in [-0.15, -0.1) is 0 Å². The smallest absolute Gasteiger partial charge is 0.107 e. The Bertz CT molecular complexity index is 631. The lowest BCUT2D eigenvalue weighted by molar-refractivity contribution is 0.740. The predicted molar refractivity (Wildman–Crippen MR) is 90.5 cm³/mol. The van der Waals surface area contributed by atoms with Crippen LogP contribution in [0.25, 0.3) is 0 Å². The zero-order valence-corrected chi connectivity index (χ0v) is 12.9. The predicted octanol–water partition coefficient (Wildman–Crippen LogP) is 4.95. The largest absolute Gasteiger partial charge is 0.326 e. The van der Waals surface area contributed by atoms with E-state index in [0.717, 1.165) is 0 Å². The van der Waals surface area contributed by atoms with Crippen molar-refractivity contribution in [2.45, 2.75) is 32.9 Å². The molecule has 108 valence electrons. The third-order valence-corrected chi connectivity index (χ3v) is 4.08. The van der Waals surface area contributed by atoms with Crippen LogP contribution in [0.5, 0.6) is 0 Å². The van der Waals surface area contributed by atoms with Gasteiger partial charge in [-0.05, 0) is 36.6 Å². The van der Waals surface area contributed by atoms with Gasteiger partial charge in [0.1, 0.15) is 6.17 Å². The Hall–Kier alpha value is -2.22. The molecule has 0 bridgehead atoms. The molecule has 1 heterocycles. The minimum Gasteiger partial charge on any atom is -0.326 e. The van der Waals surface area contributed by atoms with Crippen LogP contribution in [0.1, 0.15) is 32.3 Å². The molecule has 3 rings (SSSR count). The maximum Gasteiger partial charge on any atom is 0.107 e. The van der Waals surface area contributed by atoms with Gasteiger partial charge in [-0.1, -0.05) is 50.2 Å². The second-order valence-corrected chi connectivity index (χ2v) is 5.79. The fourth-order valence-electron chi connectivity index (χ4n) is 2.92. The molecule has 21 heavy (non-hydrogen) atoms. The van der Waals surface area contributed by atoms with Gasteiger partial charge in [-0.3, -0.25) is 0 Å². The van der Waals surface area contributed by atoms with Crippen LogP contribution in [0.4, 0.5) is 11.4 Å². The minimum atomic E-state index is 0.285. The Morgan fingerprint density at radius 3 is 2.14 bits per heavy atom. The molecule has 2 heteroatoms. The van der Waals surface area contributed by atoms with E-state index in [1.54, 1.807) is 0 Å². The zero-order valence-electron chi connectivity index (χ0n) is 12.9. The van der Waals surface area contributed by atoms with Crippen LogP contribution in [0.2, 0.25) is 0 Å². The fourth-order valence-corrected chi connectivity index (χ4v) is 2.92. The van der Waals surface area contributed by atoms with Gasteiger partial charge in [0, 0.05) is 23.8 Å². The van der Waals surface area contributed by atoms with Crippen LogP contribution in [0.15, 0.2) is 67.0 Å². The van der Waals surface area contributed by atoms with E-state index in [1.165, 1.54) is 16.9 Å². The molecule has 0 saturated heterocycles. The Balaban J connectivity index is 1.92. The van der Waals surface area contributed by atoms with Crippen molar-refractivity contribution >= 4 is 11.4 Å². The molecule has 1 aliphatic heterocycles. The highest BCUT2D eigenvalue weighted by atomic mass is 15.4. The molecular weight excluding hydrogens is 256 g/mol. The Labute approximate surface area is 127 Å². The number of rotatable bonds is 3. The van der Waals surface area contributed by atoms with Crippen LogP contribution >= 0.6 is 0 Å². The topological polar surface area (TPSA) is 6.48 Å². The van der Waals surface area contributed by atoms with E-state index in [4.69, 9.17) is 0 Å². The molecule has 0 N–H and O–H groups in total. The number of para-hydroxylation sites is 2. The quantitative estimate of drug-likeness (QED) is 0.783. The monoisotopic (exact) mass is 278 g/mol. The molecule has 2 aromatic carbocycles. The number of nitrogens with zero attached hydrogens (tertiary/aromatic N) is 2. The average Bonchev–Trinajstić information content (AvgIpc) is 2.89. The second kappa shape index (κ2) is 5.65. The van der Waals surface area contributed by atoms with E-state index < -0.39 is 0 Å². The summed E-state index contributed by atoms with van der Waals surface area (Å²) >= 11 is 0. The molecule has 0 aromatic heterocycles. The first-order chi connectivity index (χ1) is 10.2. The van der Waals surface area contributed by atoms with Gasteiger partial charge >= 0.3 is 0 Å². The van der Waals surface area contributed by atoms with Crippen molar-refractivity contribution in [1.29, 1.82) is 0 Å². The highest BCUT2D eigenvalue weighted by Crippen LogP contribution is 2.33. The van der Waals surface area contributed by atoms with Crippen LogP contribution in [-0.2, 0) is 0 Å². The molecule has 0 spiro atoms. The molecule has 0 radical (unpaired) electrons. The lowest BCUT2D eigenvalue weighted by Crippen LogP contribution is -2.36. The summed E-state index contributed by atoms with van der Waals surface area (Å²) in [6, 6.07) is 19.2. The van der Waals surface area contributed by atoms with Gasteiger partial charge in [-0.25, -0.2) is 0 Å². The van der Waals surface area contributed by atoms with Crippen LogP contribution in [-0.4, -0.2) is 6.17 Å². The Morgan fingerprint density at radius 2 is 1.43 bits per heavy atom. The first-order valence-electron chi connectivity index (χ1n) is 7.57. The number of hydrogen-bond acceptors (Lipinski definition) is 2. The molecule has 1 unspecified atom stereocenters. The summed E-state index contributed by atoms with van der Waals surface area (Å²) in [6.07, 6.45) is 4.63. The second-order valence-electron chi connectivity index (χ2n) is 5.79. The third kappa shape index (κ3) is 2.54.